The van der Waals surface area contributed by atoms with E-state index in [0.29, 0.717) is 17.1 Å². The molecule has 0 bridgehead atoms. The summed E-state index contributed by atoms with van der Waals surface area (Å²) in [5, 5.41) is 9.03. The van der Waals surface area contributed by atoms with Gasteiger partial charge in [0.05, 0.1) is 20.3 Å². The molecular formula is C14H17NO3. The quantitative estimate of drug-likeness (QED) is 0.750. The molecular weight excluding hydrogens is 230 g/mol. The van der Waals surface area contributed by atoms with E-state index < -0.39 is 5.92 Å². The molecule has 1 aromatic rings. The lowest BCUT2D eigenvalue weighted by Gasteiger charge is -2.13. The number of carbonyl (C=O) groups is 1. The Bertz CT molecular complexity index is 474. The van der Waals surface area contributed by atoms with E-state index in [4.69, 9.17) is 14.7 Å². The Balaban J connectivity index is 3.11. The van der Waals surface area contributed by atoms with Crippen LogP contribution in [0.4, 0.5) is 0 Å². The maximum absolute atomic E-state index is 12.2. The van der Waals surface area contributed by atoms with Gasteiger partial charge in [-0.25, -0.2) is 0 Å². The number of ether oxygens (including phenoxy) is 2. The predicted octanol–water partition coefficient (Wildman–Crippen LogP) is 2.68. The van der Waals surface area contributed by atoms with E-state index in [1.807, 2.05) is 19.9 Å². The first-order valence-corrected chi connectivity index (χ1v) is 5.71. The van der Waals surface area contributed by atoms with E-state index in [2.05, 4.69) is 0 Å². The van der Waals surface area contributed by atoms with E-state index in [-0.39, 0.29) is 11.7 Å². The van der Waals surface area contributed by atoms with Crippen molar-refractivity contribution < 1.29 is 14.3 Å². The van der Waals surface area contributed by atoms with E-state index in [0.717, 1.165) is 0 Å². The van der Waals surface area contributed by atoms with Crippen molar-refractivity contribution in [3.8, 4) is 17.6 Å². The van der Waals surface area contributed by atoms with Gasteiger partial charge in [-0.2, -0.15) is 5.26 Å². The summed E-state index contributed by atoms with van der Waals surface area (Å²) in [5.41, 5.74) is 0.466. The van der Waals surface area contributed by atoms with Crippen molar-refractivity contribution in [1.82, 2.24) is 0 Å². The fourth-order valence-electron chi connectivity index (χ4n) is 1.68. The zero-order valence-corrected chi connectivity index (χ0v) is 11.1. The van der Waals surface area contributed by atoms with Gasteiger partial charge in [0.15, 0.2) is 17.3 Å². The van der Waals surface area contributed by atoms with Crippen LogP contribution in [0.3, 0.4) is 0 Å². The van der Waals surface area contributed by atoms with E-state index in [1.54, 1.807) is 18.2 Å². The molecule has 1 atom stereocenters. The normalized spacial score (nSPS) is 11.8. The smallest absolute Gasteiger partial charge is 0.180 e. The molecule has 1 unspecified atom stereocenters. The Morgan fingerprint density at radius 1 is 1.22 bits per heavy atom. The fourth-order valence-corrected chi connectivity index (χ4v) is 1.68. The molecule has 18 heavy (non-hydrogen) atoms. The van der Waals surface area contributed by atoms with Crippen molar-refractivity contribution in [1.29, 1.82) is 5.26 Å². The van der Waals surface area contributed by atoms with Gasteiger partial charge >= 0.3 is 0 Å². The van der Waals surface area contributed by atoms with Crippen molar-refractivity contribution in [2.24, 2.45) is 11.8 Å². The van der Waals surface area contributed by atoms with Crippen LogP contribution < -0.4 is 9.47 Å². The zero-order chi connectivity index (χ0) is 13.7. The van der Waals surface area contributed by atoms with Gasteiger partial charge in [-0.15, -0.1) is 0 Å². The molecule has 0 spiro atoms. The Labute approximate surface area is 107 Å². The van der Waals surface area contributed by atoms with Crippen molar-refractivity contribution in [2.45, 2.75) is 13.8 Å². The molecule has 96 valence electrons. The number of benzene rings is 1. The molecule has 0 aliphatic carbocycles. The first-order chi connectivity index (χ1) is 8.54. The summed E-state index contributed by atoms with van der Waals surface area (Å²) < 4.78 is 10.2. The number of rotatable bonds is 5. The molecule has 0 N–H and O–H groups in total. The largest absolute Gasteiger partial charge is 0.493 e. The summed E-state index contributed by atoms with van der Waals surface area (Å²) in [4.78, 5) is 12.2. The summed E-state index contributed by atoms with van der Waals surface area (Å²) in [6, 6.07) is 6.97. The third kappa shape index (κ3) is 2.80. The average Bonchev–Trinajstić information content (AvgIpc) is 2.38. The Hall–Kier alpha value is -2.02. The highest BCUT2D eigenvalue weighted by Crippen LogP contribution is 2.29. The third-order valence-corrected chi connectivity index (χ3v) is 2.76. The average molecular weight is 247 g/mol. The predicted molar refractivity (Wildman–Crippen MR) is 67.8 cm³/mol. The highest BCUT2D eigenvalue weighted by molar-refractivity contribution is 6.00. The molecule has 1 aromatic carbocycles. The second-order valence-electron chi connectivity index (χ2n) is 4.28. The number of hydrogen-bond acceptors (Lipinski definition) is 4. The maximum atomic E-state index is 12.2. The molecule has 0 aliphatic rings. The van der Waals surface area contributed by atoms with Gasteiger partial charge in [0.2, 0.25) is 0 Å². The Kier molecular flexibility index (Phi) is 4.73. The van der Waals surface area contributed by atoms with Crippen LogP contribution in [0, 0.1) is 23.2 Å². The molecule has 0 saturated carbocycles. The summed E-state index contributed by atoms with van der Waals surface area (Å²) in [7, 11) is 3.04. The molecule has 0 aliphatic heterocycles. The summed E-state index contributed by atoms with van der Waals surface area (Å²) >= 11 is 0. The summed E-state index contributed by atoms with van der Waals surface area (Å²) in [6.45, 7) is 3.71. The highest BCUT2D eigenvalue weighted by Gasteiger charge is 2.23. The molecule has 0 saturated heterocycles. The van der Waals surface area contributed by atoms with Crippen molar-refractivity contribution in [3.63, 3.8) is 0 Å². The van der Waals surface area contributed by atoms with Crippen LogP contribution in [0.15, 0.2) is 18.2 Å². The molecule has 0 amide bonds. The minimum absolute atomic E-state index is 0.0180. The first kappa shape index (κ1) is 14.0. The molecule has 1 rings (SSSR count). The standard InChI is InChI=1S/C14H17NO3/c1-9(2)11(8-15)14(16)10-5-6-12(17-3)13(7-10)18-4/h5-7,9,11H,1-4H3. The minimum atomic E-state index is -0.636. The molecule has 0 aromatic heterocycles. The van der Waals surface area contributed by atoms with Crippen LogP contribution in [-0.2, 0) is 0 Å². The monoisotopic (exact) mass is 247 g/mol. The number of nitrogens with zero attached hydrogens (tertiary/aromatic N) is 1. The van der Waals surface area contributed by atoms with Gasteiger partial charge in [0, 0.05) is 5.56 Å². The van der Waals surface area contributed by atoms with E-state index >= 15 is 0 Å². The van der Waals surface area contributed by atoms with E-state index in [1.165, 1.54) is 14.2 Å². The van der Waals surface area contributed by atoms with Gasteiger partial charge in [0.25, 0.3) is 0 Å². The number of ketones is 1. The molecule has 0 radical (unpaired) electrons. The topological polar surface area (TPSA) is 59.3 Å². The van der Waals surface area contributed by atoms with Crippen LogP contribution in [0.1, 0.15) is 24.2 Å². The van der Waals surface area contributed by atoms with Crippen LogP contribution in [0.2, 0.25) is 0 Å². The van der Waals surface area contributed by atoms with Crippen molar-refractivity contribution >= 4 is 5.78 Å². The van der Waals surface area contributed by atoms with Gasteiger partial charge in [-0.05, 0) is 24.1 Å². The number of methoxy groups -OCH3 is 2. The molecule has 4 nitrogen and oxygen atoms in total. The zero-order valence-electron chi connectivity index (χ0n) is 11.1. The van der Waals surface area contributed by atoms with Gasteiger partial charge < -0.3 is 9.47 Å². The number of hydrogen-bond donors (Lipinski definition) is 0. The van der Waals surface area contributed by atoms with Crippen LogP contribution >= 0.6 is 0 Å². The van der Waals surface area contributed by atoms with Gasteiger partial charge in [-0.3, -0.25) is 4.79 Å². The highest BCUT2D eigenvalue weighted by atomic mass is 16.5. The van der Waals surface area contributed by atoms with Gasteiger partial charge in [0.1, 0.15) is 5.92 Å². The summed E-state index contributed by atoms with van der Waals surface area (Å²) in [6.07, 6.45) is 0. The number of Topliss-reactive ketones (excluding diaryl/α,β-unsaturated/α-hetero) is 1. The van der Waals surface area contributed by atoms with Crippen LogP contribution in [0.25, 0.3) is 0 Å². The lowest BCUT2D eigenvalue weighted by molar-refractivity contribution is 0.0924. The maximum Gasteiger partial charge on any atom is 0.180 e. The van der Waals surface area contributed by atoms with Crippen LogP contribution in [-0.4, -0.2) is 20.0 Å². The van der Waals surface area contributed by atoms with Gasteiger partial charge in [-0.1, -0.05) is 13.8 Å². The SMILES string of the molecule is COc1ccc(C(=O)C(C#N)C(C)C)cc1OC. The number of nitriles is 1. The third-order valence-electron chi connectivity index (χ3n) is 2.76. The lowest BCUT2D eigenvalue weighted by atomic mass is 9.89. The number of carbonyl (C=O) groups excluding carboxylic acids is 1. The lowest BCUT2D eigenvalue weighted by Crippen LogP contribution is -2.18. The van der Waals surface area contributed by atoms with Crippen LogP contribution in [0.5, 0.6) is 11.5 Å². The Morgan fingerprint density at radius 2 is 1.83 bits per heavy atom. The van der Waals surface area contributed by atoms with Crippen molar-refractivity contribution in [3.05, 3.63) is 23.8 Å². The summed E-state index contributed by atoms with van der Waals surface area (Å²) in [5.74, 6) is 0.211. The van der Waals surface area contributed by atoms with E-state index in [9.17, 15) is 4.79 Å². The second kappa shape index (κ2) is 6.06. The fraction of sp³-hybridized carbons (Fsp3) is 0.429. The Morgan fingerprint density at radius 3 is 2.28 bits per heavy atom. The second-order valence-corrected chi connectivity index (χ2v) is 4.28. The minimum Gasteiger partial charge on any atom is -0.493 e. The molecule has 0 heterocycles. The molecule has 0 fully saturated rings. The van der Waals surface area contributed by atoms with Crippen molar-refractivity contribution in [2.75, 3.05) is 14.2 Å². The first-order valence-electron chi connectivity index (χ1n) is 5.71. The molecule has 4 heteroatoms.